The Hall–Kier alpha value is -1.14. The Bertz CT molecular complexity index is 543. The molecule has 0 aromatic rings. The van der Waals surface area contributed by atoms with Crippen LogP contribution in [0.3, 0.4) is 0 Å². The molecule has 0 aromatic carbocycles. The van der Waals surface area contributed by atoms with Crippen LogP contribution in [0.4, 0.5) is 0 Å². The van der Waals surface area contributed by atoms with Gasteiger partial charge in [-0.25, -0.2) is 0 Å². The molecule has 6 nitrogen and oxygen atoms in total. The minimum Gasteiger partial charge on any atom is -0.379 e. The second-order valence-electron chi connectivity index (χ2n) is 9.08. The second kappa shape index (κ2) is 8.48. The van der Waals surface area contributed by atoms with Gasteiger partial charge < -0.3 is 15.0 Å². The van der Waals surface area contributed by atoms with Gasteiger partial charge >= 0.3 is 0 Å². The maximum absolute atomic E-state index is 12.7. The molecule has 0 radical (unpaired) electrons. The van der Waals surface area contributed by atoms with Gasteiger partial charge in [0.25, 0.3) is 0 Å². The summed E-state index contributed by atoms with van der Waals surface area (Å²) in [5.41, 5.74) is 0. The van der Waals surface area contributed by atoms with Crippen LogP contribution >= 0.6 is 0 Å². The first-order chi connectivity index (χ1) is 13.1. The fourth-order valence-corrected chi connectivity index (χ4v) is 5.86. The molecule has 1 N–H and O–H groups in total. The lowest BCUT2D eigenvalue weighted by Gasteiger charge is -2.31. The summed E-state index contributed by atoms with van der Waals surface area (Å²) < 4.78 is 5.42. The predicted octanol–water partition coefficient (Wildman–Crippen LogP) is 1.50. The van der Waals surface area contributed by atoms with Gasteiger partial charge in [-0.3, -0.25) is 14.5 Å². The summed E-state index contributed by atoms with van der Waals surface area (Å²) >= 11 is 0. The van der Waals surface area contributed by atoms with Crippen LogP contribution < -0.4 is 5.32 Å². The van der Waals surface area contributed by atoms with Crippen molar-refractivity contribution in [2.24, 2.45) is 23.7 Å². The summed E-state index contributed by atoms with van der Waals surface area (Å²) in [6, 6.07) is 0.377. The highest BCUT2D eigenvalue weighted by molar-refractivity contribution is 5.80. The molecular formula is C21H35N3O3. The summed E-state index contributed by atoms with van der Waals surface area (Å²) in [6.45, 7) is 8.41. The third-order valence-corrected chi connectivity index (χ3v) is 7.52. The molecule has 4 aliphatic rings. The average Bonchev–Trinajstić information content (AvgIpc) is 3.37. The van der Waals surface area contributed by atoms with Gasteiger partial charge in [0, 0.05) is 51.1 Å². The molecule has 27 heavy (non-hydrogen) atoms. The van der Waals surface area contributed by atoms with Gasteiger partial charge in [0.15, 0.2) is 0 Å². The topological polar surface area (TPSA) is 61.9 Å². The van der Waals surface area contributed by atoms with Gasteiger partial charge in [-0.05, 0) is 37.0 Å². The Morgan fingerprint density at radius 3 is 2.67 bits per heavy atom. The first kappa shape index (κ1) is 19.2. The molecule has 0 spiro atoms. The second-order valence-corrected chi connectivity index (χ2v) is 9.08. The average molecular weight is 378 g/mol. The number of morpholine rings is 1. The highest BCUT2D eigenvalue weighted by Crippen LogP contribution is 2.45. The van der Waals surface area contributed by atoms with Crippen molar-refractivity contribution < 1.29 is 14.3 Å². The van der Waals surface area contributed by atoms with E-state index in [9.17, 15) is 9.59 Å². The van der Waals surface area contributed by atoms with E-state index in [0.29, 0.717) is 36.1 Å². The van der Waals surface area contributed by atoms with Crippen LogP contribution in [0, 0.1) is 23.7 Å². The van der Waals surface area contributed by atoms with Gasteiger partial charge in [0.2, 0.25) is 11.8 Å². The number of rotatable bonds is 6. The Balaban J connectivity index is 1.30. The Labute approximate surface area is 163 Å². The molecule has 0 bridgehead atoms. The number of hydrogen-bond acceptors (Lipinski definition) is 4. The fraction of sp³-hybridized carbons (Fsp3) is 0.905. The molecule has 2 amide bonds. The van der Waals surface area contributed by atoms with Crippen molar-refractivity contribution in [1.82, 2.24) is 15.1 Å². The number of likely N-dealkylation sites (tertiary alicyclic amines) is 1. The highest BCUT2D eigenvalue weighted by atomic mass is 16.5. The van der Waals surface area contributed by atoms with Crippen molar-refractivity contribution in [3.05, 3.63) is 0 Å². The van der Waals surface area contributed by atoms with Crippen LogP contribution in [0.15, 0.2) is 0 Å². The number of nitrogens with zero attached hydrogens (tertiary/aromatic N) is 2. The van der Waals surface area contributed by atoms with Gasteiger partial charge in [-0.15, -0.1) is 0 Å². The third-order valence-electron chi connectivity index (χ3n) is 7.52. The molecule has 2 aliphatic heterocycles. The lowest BCUT2D eigenvalue weighted by Crippen LogP contribution is -2.44. The third kappa shape index (κ3) is 4.16. The zero-order valence-corrected chi connectivity index (χ0v) is 16.7. The zero-order chi connectivity index (χ0) is 18.8. The maximum atomic E-state index is 12.7. The normalized spacial score (nSPS) is 35.0. The summed E-state index contributed by atoms with van der Waals surface area (Å²) in [7, 11) is 0. The van der Waals surface area contributed by atoms with Crippen molar-refractivity contribution in [1.29, 1.82) is 0 Å². The van der Waals surface area contributed by atoms with Gasteiger partial charge in [0.1, 0.15) is 0 Å². The van der Waals surface area contributed by atoms with E-state index in [-0.39, 0.29) is 11.8 Å². The van der Waals surface area contributed by atoms with Crippen LogP contribution in [0.5, 0.6) is 0 Å². The van der Waals surface area contributed by atoms with E-state index in [1.165, 1.54) is 12.8 Å². The van der Waals surface area contributed by atoms with E-state index in [4.69, 9.17) is 4.74 Å². The Morgan fingerprint density at radius 2 is 1.93 bits per heavy atom. The lowest BCUT2D eigenvalue weighted by atomic mass is 9.88. The summed E-state index contributed by atoms with van der Waals surface area (Å²) in [5.74, 6) is 2.23. The van der Waals surface area contributed by atoms with Crippen molar-refractivity contribution >= 4 is 11.8 Å². The quantitative estimate of drug-likeness (QED) is 0.762. The van der Waals surface area contributed by atoms with E-state index in [2.05, 4.69) is 22.0 Å². The smallest absolute Gasteiger partial charge is 0.223 e. The van der Waals surface area contributed by atoms with Gasteiger partial charge in [-0.1, -0.05) is 19.8 Å². The van der Waals surface area contributed by atoms with Crippen LogP contribution in [0.25, 0.3) is 0 Å². The van der Waals surface area contributed by atoms with Crippen molar-refractivity contribution in [3.8, 4) is 0 Å². The summed E-state index contributed by atoms with van der Waals surface area (Å²) in [5, 5.41) is 3.23. The van der Waals surface area contributed by atoms with Gasteiger partial charge in [0.05, 0.1) is 13.2 Å². The minimum atomic E-state index is 0.229. The van der Waals surface area contributed by atoms with E-state index >= 15 is 0 Å². The molecule has 4 atom stereocenters. The lowest BCUT2D eigenvalue weighted by molar-refractivity contribution is -0.129. The molecule has 4 fully saturated rings. The molecule has 4 rings (SSSR count). The number of nitrogens with one attached hydrogen (secondary N) is 1. The standard InChI is InChI=1S/C21H35N3O3/c1-15-12-19-17(18(15)14-22-21(26)16-4-2-3-5-16)13-20(25)24(19)7-6-23-8-10-27-11-9-23/h15-19H,2-14H2,1H3,(H,22,26)/t15-,17-,18+,19+/m0/s1. The number of fused-ring (bicyclic) bond motifs is 1. The largest absolute Gasteiger partial charge is 0.379 e. The van der Waals surface area contributed by atoms with Crippen LogP contribution in [-0.2, 0) is 14.3 Å². The molecular weight excluding hydrogens is 342 g/mol. The number of amides is 2. The van der Waals surface area contributed by atoms with Crippen LogP contribution in [-0.4, -0.2) is 73.6 Å². The molecule has 2 saturated heterocycles. The van der Waals surface area contributed by atoms with E-state index in [0.717, 1.165) is 65.2 Å². The first-order valence-electron chi connectivity index (χ1n) is 11.0. The monoisotopic (exact) mass is 377 g/mol. The first-order valence-corrected chi connectivity index (χ1v) is 11.0. The van der Waals surface area contributed by atoms with E-state index in [1.54, 1.807) is 0 Å². The van der Waals surface area contributed by atoms with Crippen molar-refractivity contribution in [3.63, 3.8) is 0 Å². The fourth-order valence-electron chi connectivity index (χ4n) is 5.86. The summed E-state index contributed by atoms with van der Waals surface area (Å²) in [6.07, 6.45) is 6.23. The molecule has 6 heteroatoms. The van der Waals surface area contributed by atoms with E-state index in [1.807, 2.05) is 0 Å². The number of hydrogen-bond donors (Lipinski definition) is 1. The molecule has 2 heterocycles. The van der Waals surface area contributed by atoms with Gasteiger partial charge in [-0.2, -0.15) is 0 Å². The number of carbonyl (C=O) groups is 2. The Morgan fingerprint density at radius 1 is 1.19 bits per heavy atom. The zero-order valence-electron chi connectivity index (χ0n) is 16.7. The maximum Gasteiger partial charge on any atom is 0.223 e. The van der Waals surface area contributed by atoms with Crippen LogP contribution in [0.2, 0.25) is 0 Å². The molecule has 0 unspecified atom stereocenters. The molecule has 152 valence electrons. The minimum absolute atomic E-state index is 0.229. The van der Waals surface area contributed by atoms with E-state index < -0.39 is 0 Å². The molecule has 2 aliphatic carbocycles. The molecule has 0 aromatic heterocycles. The molecule has 2 saturated carbocycles. The number of ether oxygens (including phenoxy) is 1. The predicted molar refractivity (Wildman–Crippen MR) is 103 cm³/mol. The van der Waals surface area contributed by atoms with Crippen LogP contribution in [0.1, 0.15) is 45.4 Å². The summed E-state index contributed by atoms with van der Waals surface area (Å²) in [4.78, 5) is 29.6. The van der Waals surface area contributed by atoms with Crippen molar-refractivity contribution in [2.75, 3.05) is 45.9 Å². The van der Waals surface area contributed by atoms with Crippen molar-refractivity contribution in [2.45, 2.75) is 51.5 Å². The number of carbonyl (C=O) groups excluding carboxylic acids is 2. The SMILES string of the molecule is C[C@H]1C[C@@H]2[C@@H](CC(=O)N2CCN2CCOCC2)[C@@H]1CNC(=O)C1CCCC1. The highest BCUT2D eigenvalue weighted by Gasteiger charge is 2.50. The Kier molecular flexibility index (Phi) is 6.02.